The standard InChI is InChI=1S/C8H10ClN5/c1-5(10)13-4-14-8-7(9)2-6(11)3-12-8/h2-4H,11H2,1H3,(H2,10,12,13,14). The van der Waals surface area contributed by atoms with Gasteiger partial charge in [0.2, 0.25) is 0 Å². The number of aromatic nitrogens is 1. The summed E-state index contributed by atoms with van der Waals surface area (Å²) in [7, 11) is 0. The van der Waals surface area contributed by atoms with Crippen molar-refractivity contribution in [2.24, 2.45) is 4.99 Å². The molecule has 0 spiro atoms. The quantitative estimate of drug-likeness (QED) is 0.515. The van der Waals surface area contributed by atoms with Crippen molar-refractivity contribution in [3.05, 3.63) is 17.3 Å². The van der Waals surface area contributed by atoms with Crippen LogP contribution in [0.4, 0.5) is 11.5 Å². The molecule has 0 radical (unpaired) electrons. The van der Waals surface area contributed by atoms with Crippen molar-refractivity contribution in [3.8, 4) is 0 Å². The second-order valence-corrected chi connectivity index (χ2v) is 2.99. The van der Waals surface area contributed by atoms with E-state index in [2.05, 4.69) is 15.3 Å². The fraction of sp³-hybridized carbons (Fsp3) is 0.125. The van der Waals surface area contributed by atoms with E-state index >= 15 is 0 Å². The molecule has 5 nitrogen and oxygen atoms in total. The van der Waals surface area contributed by atoms with Crippen molar-refractivity contribution in [2.75, 3.05) is 11.1 Å². The summed E-state index contributed by atoms with van der Waals surface area (Å²) in [5, 5.41) is 10.2. The highest BCUT2D eigenvalue weighted by molar-refractivity contribution is 6.33. The number of rotatable bonds is 2. The topological polar surface area (TPSA) is 87.2 Å². The largest absolute Gasteiger partial charge is 0.397 e. The first-order valence-electron chi connectivity index (χ1n) is 3.85. The van der Waals surface area contributed by atoms with Gasteiger partial charge in [0.25, 0.3) is 0 Å². The first-order valence-corrected chi connectivity index (χ1v) is 4.22. The summed E-state index contributed by atoms with van der Waals surface area (Å²) in [5.41, 5.74) is 5.96. The summed E-state index contributed by atoms with van der Waals surface area (Å²) in [4.78, 5) is 7.65. The Labute approximate surface area is 86.5 Å². The molecule has 0 bridgehead atoms. The molecule has 14 heavy (non-hydrogen) atoms. The van der Waals surface area contributed by atoms with Crippen LogP contribution in [0.2, 0.25) is 5.02 Å². The SMILES string of the molecule is CC(=N)/N=C\Nc1ncc(N)cc1Cl. The lowest BCUT2D eigenvalue weighted by Crippen LogP contribution is -2.00. The number of amidine groups is 1. The number of nitrogens with zero attached hydrogens (tertiary/aromatic N) is 2. The van der Waals surface area contributed by atoms with Crippen LogP contribution in [-0.4, -0.2) is 17.2 Å². The Balaban J connectivity index is 2.73. The minimum absolute atomic E-state index is 0.198. The summed E-state index contributed by atoms with van der Waals surface area (Å²) in [6.07, 6.45) is 2.84. The summed E-state index contributed by atoms with van der Waals surface area (Å²) in [6.45, 7) is 1.57. The third-order valence-corrected chi connectivity index (χ3v) is 1.61. The van der Waals surface area contributed by atoms with Crippen LogP contribution in [0.1, 0.15) is 6.92 Å². The zero-order valence-electron chi connectivity index (χ0n) is 7.58. The van der Waals surface area contributed by atoms with Gasteiger partial charge in [0.15, 0.2) is 0 Å². The zero-order chi connectivity index (χ0) is 10.6. The van der Waals surface area contributed by atoms with Gasteiger partial charge in [0.1, 0.15) is 11.7 Å². The summed E-state index contributed by atoms with van der Waals surface area (Å²) in [6, 6.07) is 1.59. The van der Waals surface area contributed by atoms with E-state index in [-0.39, 0.29) is 5.84 Å². The molecule has 4 N–H and O–H groups in total. The molecule has 0 unspecified atom stereocenters. The first kappa shape index (κ1) is 10.5. The molecule has 0 amide bonds. The second-order valence-electron chi connectivity index (χ2n) is 2.59. The third-order valence-electron chi connectivity index (χ3n) is 1.32. The van der Waals surface area contributed by atoms with Crippen LogP contribution in [0.3, 0.4) is 0 Å². The lowest BCUT2D eigenvalue weighted by atomic mass is 10.4. The fourth-order valence-corrected chi connectivity index (χ4v) is 0.978. The van der Waals surface area contributed by atoms with Gasteiger partial charge in [-0.05, 0) is 13.0 Å². The van der Waals surface area contributed by atoms with Crippen molar-refractivity contribution < 1.29 is 0 Å². The van der Waals surface area contributed by atoms with Crippen molar-refractivity contribution >= 4 is 35.3 Å². The molecule has 0 fully saturated rings. The van der Waals surface area contributed by atoms with Gasteiger partial charge in [-0.15, -0.1) is 0 Å². The molecule has 0 saturated carbocycles. The van der Waals surface area contributed by atoms with Crippen LogP contribution < -0.4 is 11.1 Å². The van der Waals surface area contributed by atoms with Gasteiger partial charge >= 0.3 is 0 Å². The molecule has 0 aliphatic rings. The molecule has 0 aromatic carbocycles. The number of anilines is 2. The normalized spacial score (nSPS) is 10.4. The van der Waals surface area contributed by atoms with Crippen LogP contribution in [0.25, 0.3) is 0 Å². The number of nitrogens with one attached hydrogen (secondary N) is 2. The van der Waals surface area contributed by atoms with Gasteiger partial charge < -0.3 is 11.1 Å². The molecule has 1 aromatic rings. The average Bonchev–Trinajstić information content (AvgIpc) is 2.08. The highest BCUT2D eigenvalue weighted by atomic mass is 35.5. The number of aliphatic imine (C=N–C) groups is 1. The smallest absolute Gasteiger partial charge is 0.150 e. The number of pyridine rings is 1. The molecule has 0 saturated heterocycles. The molecule has 1 rings (SSSR count). The maximum atomic E-state index is 7.04. The number of halogens is 1. The number of nitrogens with two attached hydrogens (primary N) is 1. The van der Waals surface area contributed by atoms with Gasteiger partial charge in [0.05, 0.1) is 23.2 Å². The molecule has 6 heteroatoms. The predicted octanol–water partition coefficient (Wildman–Crippen LogP) is 1.75. The van der Waals surface area contributed by atoms with Crippen molar-refractivity contribution in [2.45, 2.75) is 6.92 Å². The van der Waals surface area contributed by atoms with E-state index < -0.39 is 0 Å². The molecule has 0 aliphatic carbocycles. The lowest BCUT2D eigenvalue weighted by molar-refractivity contribution is 1.33. The summed E-state index contributed by atoms with van der Waals surface area (Å²) >= 11 is 5.82. The summed E-state index contributed by atoms with van der Waals surface area (Å²) in [5.74, 6) is 0.662. The monoisotopic (exact) mass is 211 g/mol. The summed E-state index contributed by atoms with van der Waals surface area (Å²) < 4.78 is 0. The van der Waals surface area contributed by atoms with Gasteiger partial charge in [-0.25, -0.2) is 9.98 Å². The van der Waals surface area contributed by atoms with Gasteiger partial charge in [-0.2, -0.15) is 0 Å². The zero-order valence-corrected chi connectivity index (χ0v) is 8.34. The van der Waals surface area contributed by atoms with Gasteiger partial charge in [-0.3, -0.25) is 5.41 Å². The van der Waals surface area contributed by atoms with E-state index in [9.17, 15) is 0 Å². The number of hydrogen-bond acceptors (Lipinski definition) is 3. The molecule has 1 aromatic heterocycles. The van der Waals surface area contributed by atoms with E-state index in [1.807, 2.05) is 0 Å². The van der Waals surface area contributed by atoms with Crippen LogP contribution in [-0.2, 0) is 0 Å². The lowest BCUT2D eigenvalue weighted by Gasteiger charge is -2.02. The molecule has 1 heterocycles. The highest BCUT2D eigenvalue weighted by Crippen LogP contribution is 2.20. The Kier molecular flexibility index (Phi) is 3.41. The Morgan fingerprint density at radius 3 is 3.07 bits per heavy atom. The Bertz CT molecular complexity index is 374. The maximum Gasteiger partial charge on any atom is 0.150 e. The number of nitrogen functional groups attached to an aromatic ring is 1. The molecular formula is C8H10ClN5. The molecule has 0 aliphatic heterocycles. The average molecular weight is 212 g/mol. The third kappa shape index (κ3) is 3.02. The van der Waals surface area contributed by atoms with Crippen LogP contribution in [0, 0.1) is 5.41 Å². The minimum atomic E-state index is 0.198. The van der Waals surface area contributed by atoms with Crippen LogP contribution in [0.5, 0.6) is 0 Å². The van der Waals surface area contributed by atoms with Crippen LogP contribution >= 0.6 is 11.6 Å². The maximum absolute atomic E-state index is 7.04. The van der Waals surface area contributed by atoms with E-state index in [0.29, 0.717) is 16.5 Å². The van der Waals surface area contributed by atoms with E-state index in [1.165, 1.54) is 12.5 Å². The molecular weight excluding hydrogens is 202 g/mol. The highest BCUT2D eigenvalue weighted by Gasteiger charge is 1.99. The first-order chi connectivity index (χ1) is 6.59. The second kappa shape index (κ2) is 4.57. The minimum Gasteiger partial charge on any atom is -0.397 e. The number of hydrogen-bond donors (Lipinski definition) is 3. The van der Waals surface area contributed by atoms with Gasteiger partial charge in [0, 0.05) is 0 Å². The van der Waals surface area contributed by atoms with Crippen molar-refractivity contribution in [3.63, 3.8) is 0 Å². The van der Waals surface area contributed by atoms with E-state index in [1.54, 1.807) is 13.0 Å². The Morgan fingerprint density at radius 1 is 1.79 bits per heavy atom. The molecule has 0 atom stereocenters. The predicted molar refractivity (Wildman–Crippen MR) is 59.2 cm³/mol. The van der Waals surface area contributed by atoms with E-state index in [4.69, 9.17) is 22.7 Å². The van der Waals surface area contributed by atoms with Crippen molar-refractivity contribution in [1.29, 1.82) is 5.41 Å². The fourth-order valence-electron chi connectivity index (χ4n) is 0.749. The van der Waals surface area contributed by atoms with Crippen LogP contribution in [0.15, 0.2) is 17.3 Å². The van der Waals surface area contributed by atoms with E-state index in [0.717, 1.165) is 0 Å². The Hall–Kier alpha value is -1.62. The van der Waals surface area contributed by atoms with Crippen molar-refractivity contribution in [1.82, 2.24) is 4.98 Å². The molecule has 74 valence electrons. The van der Waals surface area contributed by atoms with Gasteiger partial charge in [-0.1, -0.05) is 11.6 Å². The Morgan fingerprint density at radius 2 is 2.50 bits per heavy atom.